The summed E-state index contributed by atoms with van der Waals surface area (Å²) in [5, 5.41) is 2.96. The summed E-state index contributed by atoms with van der Waals surface area (Å²) < 4.78 is 10.5. The van der Waals surface area contributed by atoms with E-state index in [1.165, 1.54) is 23.9 Å². The number of aromatic nitrogens is 2. The minimum Gasteiger partial charge on any atom is -0.478 e. The van der Waals surface area contributed by atoms with Gasteiger partial charge in [0.2, 0.25) is 5.71 Å². The van der Waals surface area contributed by atoms with Crippen LogP contribution in [0.5, 0.6) is 5.88 Å². The van der Waals surface area contributed by atoms with E-state index in [1.807, 2.05) is 0 Å². The van der Waals surface area contributed by atoms with Gasteiger partial charge in [0.05, 0.1) is 7.11 Å². The molecule has 3 heterocycles. The van der Waals surface area contributed by atoms with Gasteiger partial charge < -0.3 is 19.0 Å². The van der Waals surface area contributed by atoms with Crippen LogP contribution in [-0.4, -0.2) is 54.2 Å². The van der Waals surface area contributed by atoms with E-state index in [9.17, 15) is 4.79 Å². The average molecular weight is 416 g/mol. The topological polar surface area (TPSA) is 83.7 Å². The zero-order valence-corrected chi connectivity index (χ0v) is 17.3. The first-order valence-corrected chi connectivity index (χ1v) is 9.71. The minimum atomic E-state index is -0.244. The van der Waals surface area contributed by atoms with Gasteiger partial charge in [-0.05, 0) is 48.7 Å². The highest BCUT2D eigenvalue weighted by molar-refractivity contribution is 6.29. The van der Waals surface area contributed by atoms with Gasteiger partial charge in [-0.2, -0.15) is 4.98 Å². The molecule has 2 aromatic heterocycles. The SMILES string of the molecule is COc1nc2oc(Cl)cc2nc1NC(=O)N1CCN(c2cc(C)cc(C)c2)CC1. The fraction of sp³-hybridized carbons (Fsp3) is 0.350. The molecule has 1 aliphatic rings. The molecule has 0 atom stereocenters. The summed E-state index contributed by atoms with van der Waals surface area (Å²) in [6.07, 6.45) is 0. The second kappa shape index (κ2) is 7.79. The Kier molecular flexibility index (Phi) is 5.19. The number of furan rings is 1. The van der Waals surface area contributed by atoms with Gasteiger partial charge in [-0.15, -0.1) is 0 Å². The molecule has 0 spiro atoms. The minimum absolute atomic E-state index is 0.172. The number of hydrogen-bond acceptors (Lipinski definition) is 6. The Labute approximate surface area is 173 Å². The third-order valence-corrected chi connectivity index (χ3v) is 5.04. The Balaban J connectivity index is 1.44. The molecule has 0 aliphatic carbocycles. The lowest BCUT2D eigenvalue weighted by atomic mass is 10.1. The van der Waals surface area contributed by atoms with Crippen LogP contribution in [0.15, 0.2) is 28.7 Å². The van der Waals surface area contributed by atoms with Gasteiger partial charge in [0.25, 0.3) is 5.88 Å². The predicted octanol–water partition coefficient (Wildman–Crippen LogP) is 3.86. The van der Waals surface area contributed by atoms with E-state index in [0.717, 1.165) is 13.1 Å². The van der Waals surface area contributed by atoms with E-state index in [1.54, 1.807) is 11.0 Å². The molecule has 3 aromatic rings. The summed E-state index contributed by atoms with van der Waals surface area (Å²) in [6, 6.07) is 7.81. The molecule has 1 saturated heterocycles. The van der Waals surface area contributed by atoms with Crippen LogP contribution in [0.4, 0.5) is 16.3 Å². The number of piperazine rings is 1. The van der Waals surface area contributed by atoms with Crippen molar-refractivity contribution in [2.75, 3.05) is 43.5 Å². The van der Waals surface area contributed by atoms with Crippen molar-refractivity contribution in [2.24, 2.45) is 0 Å². The van der Waals surface area contributed by atoms with E-state index in [4.69, 9.17) is 20.8 Å². The summed E-state index contributed by atoms with van der Waals surface area (Å²) in [6.45, 7) is 6.92. The van der Waals surface area contributed by atoms with Crippen LogP contribution in [0, 0.1) is 13.8 Å². The Morgan fingerprint density at radius 2 is 1.79 bits per heavy atom. The smallest absolute Gasteiger partial charge is 0.323 e. The van der Waals surface area contributed by atoms with Crippen molar-refractivity contribution < 1.29 is 13.9 Å². The lowest BCUT2D eigenvalue weighted by molar-refractivity contribution is 0.208. The van der Waals surface area contributed by atoms with Gasteiger partial charge in [-0.1, -0.05) is 6.07 Å². The van der Waals surface area contributed by atoms with Gasteiger partial charge in [0.15, 0.2) is 11.0 Å². The van der Waals surface area contributed by atoms with Crippen molar-refractivity contribution in [1.82, 2.24) is 14.9 Å². The molecule has 9 heteroatoms. The first-order chi connectivity index (χ1) is 13.9. The molecule has 0 unspecified atom stereocenters. The molecule has 2 amide bonds. The number of fused-ring (bicyclic) bond motifs is 1. The van der Waals surface area contributed by atoms with Crippen molar-refractivity contribution in [3.05, 3.63) is 40.6 Å². The predicted molar refractivity (Wildman–Crippen MR) is 112 cm³/mol. The summed E-state index contributed by atoms with van der Waals surface area (Å²) in [7, 11) is 1.46. The number of benzene rings is 1. The Morgan fingerprint density at radius 3 is 2.45 bits per heavy atom. The van der Waals surface area contributed by atoms with E-state index in [0.29, 0.717) is 18.6 Å². The highest BCUT2D eigenvalue weighted by Crippen LogP contribution is 2.27. The maximum atomic E-state index is 12.8. The summed E-state index contributed by atoms with van der Waals surface area (Å²) in [4.78, 5) is 25.4. The summed E-state index contributed by atoms with van der Waals surface area (Å²) >= 11 is 5.85. The van der Waals surface area contributed by atoms with Crippen LogP contribution >= 0.6 is 11.6 Å². The van der Waals surface area contributed by atoms with Gasteiger partial charge in [-0.25, -0.2) is 9.78 Å². The van der Waals surface area contributed by atoms with Crippen LogP contribution in [-0.2, 0) is 0 Å². The molecular weight excluding hydrogens is 394 g/mol. The van der Waals surface area contributed by atoms with E-state index in [2.05, 4.69) is 52.2 Å². The number of methoxy groups -OCH3 is 1. The molecule has 152 valence electrons. The number of urea groups is 1. The number of nitrogens with zero attached hydrogens (tertiary/aromatic N) is 4. The maximum Gasteiger partial charge on any atom is 0.323 e. The second-order valence-electron chi connectivity index (χ2n) is 7.07. The van der Waals surface area contributed by atoms with Crippen LogP contribution in [0.1, 0.15) is 11.1 Å². The highest BCUT2D eigenvalue weighted by Gasteiger charge is 2.23. The Bertz CT molecular complexity index is 1040. The molecule has 0 radical (unpaired) electrons. The first-order valence-electron chi connectivity index (χ1n) is 9.33. The average Bonchev–Trinajstić information content (AvgIpc) is 3.05. The first kappa shape index (κ1) is 19.3. The third-order valence-electron chi connectivity index (χ3n) is 4.86. The van der Waals surface area contributed by atoms with Crippen LogP contribution in [0.3, 0.4) is 0 Å². The van der Waals surface area contributed by atoms with Crippen LogP contribution in [0.2, 0.25) is 5.22 Å². The number of anilines is 2. The van der Waals surface area contributed by atoms with Gasteiger partial charge >= 0.3 is 6.03 Å². The number of carbonyl (C=O) groups excluding carboxylic acids is 1. The zero-order valence-electron chi connectivity index (χ0n) is 16.5. The van der Waals surface area contributed by atoms with Crippen molar-refractivity contribution in [3.8, 4) is 5.88 Å². The quantitative estimate of drug-likeness (QED) is 0.699. The van der Waals surface area contributed by atoms with Crippen molar-refractivity contribution >= 4 is 40.4 Å². The molecule has 29 heavy (non-hydrogen) atoms. The van der Waals surface area contributed by atoms with Crippen molar-refractivity contribution in [2.45, 2.75) is 13.8 Å². The molecule has 1 aromatic carbocycles. The Morgan fingerprint density at radius 1 is 1.10 bits per heavy atom. The van der Waals surface area contributed by atoms with Crippen LogP contribution in [0.25, 0.3) is 11.2 Å². The molecule has 1 N–H and O–H groups in total. The highest BCUT2D eigenvalue weighted by atomic mass is 35.5. The van der Waals surface area contributed by atoms with Crippen LogP contribution < -0.4 is 15.0 Å². The number of nitrogens with one attached hydrogen (secondary N) is 1. The molecule has 0 bridgehead atoms. The number of carbonyl (C=O) groups is 1. The fourth-order valence-corrected chi connectivity index (χ4v) is 3.70. The number of hydrogen-bond donors (Lipinski definition) is 1. The monoisotopic (exact) mass is 415 g/mol. The molecule has 1 aliphatic heterocycles. The van der Waals surface area contributed by atoms with E-state index in [-0.39, 0.29) is 28.7 Å². The molecule has 8 nitrogen and oxygen atoms in total. The number of aryl methyl sites for hydroxylation is 2. The largest absolute Gasteiger partial charge is 0.478 e. The molecule has 4 rings (SSSR count). The third kappa shape index (κ3) is 4.07. The van der Waals surface area contributed by atoms with Crippen molar-refractivity contribution in [1.29, 1.82) is 0 Å². The lowest BCUT2D eigenvalue weighted by Crippen LogP contribution is -2.50. The number of ether oxygens (including phenoxy) is 1. The lowest BCUT2D eigenvalue weighted by Gasteiger charge is -2.36. The standard InChI is InChI=1S/C20H22ClN5O3/c1-12-8-13(2)10-14(9-12)25-4-6-26(7-5-25)20(27)23-17-19(28-3)24-18-15(22-17)11-16(21)29-18/h8-11H,4-7H2,1-3H3,(H,22,23,27). The normalized spacial score (nSPS) is 14.3. The summed E-state index contributed by atoms with van der Waals surface area (Å²) in [5.74, 6) is 0.407. The van der Waals surface area contributed by atoms with Gasteiger partial charge in [0, 0.05) is 37.9 Å². The Hall–Kier alpha value is -3.00. The molecule has 1 fully saturated rings. The molecular formula is C20H22ClN5O3. The zero-order chi connectivity index (χ0) is 20.5. The van der Waals surface area contributed by atoms with Gasteiger partial charge in [-0.3, -0.25) is 5.32 Å². The maximum absolute atomic E-state index is 12.8. The second-order valence-corrected chi connectivity index (χ2v) is 7.45. The summed E-state index contributed by atoms with van der Waals surface area (Å²) in [5.41, 5.74) is 4.37. The van der Waals surface area contributed by atoms with E-state index >= 15 is 0 Å². The van der Waals surface area contributed by atoms with Gasteiger partial charge in [0.1, 0.15) is 5.52 Å². The number of rotatable bonds is 3. The number of halogens is 1. The number of amides is 2. The molecule has 0 saturated carbocycles. The fourth-order valence-electron chi connectivity index (χ4n) is 3.52. The van der Waals surface area contributed by atoms with E-state index < -0.39 is 0 Å². The van der Waals surface area contributed by atoms with Crippen molar-refractivity contribution in [3.63, 3.8) is 0 Å².